The summed E-state index contributed by atoms with van der Waals surface area (Å²) in [6, 6.07) is 0.269. The summed E-state index contributed by atoms with van der Waals surface area (Å²) < 4.78 is 14.5. The maximum Gasteiger partial charge on any atom is 0.0209 e. The van der Waals surface area contributed by atoms with Crippen molar-refractivity contribution in [1.29, 1.82) is 0 Å². The van der Waals surface area contributed by atoms with Crippen molar-refractivity contribution >= 4 is 10.6 Å². The van der Waals surface area contributed by atoms with E-state index in [4.69, 9.17) is 0 Å². The van der Waals surface area contributed by atoms with Crippen molar-refractivity contribution in [1.82, 2.24) is 0 Å². The van der Waals surface area contributed by atoms with Crippen LogP contribution in [0.4, 0.5) is 0 Å². The highest BCUT2D eigenvalue weighted by Gasteiger charge is 1.91. The van der Waals surface area contributed by atoms with Gasteiger partial charge in [-0.05, 0) is 13.3 Å². The van der Waals surface area contributed by atoms with Gasteiger partial charge < -0.3 is 8.57 Å². The molecule has 0 aromatic heterocycles. The van der Waals surface area contributed by atoms with Gasteiger partial charge in [0.25, 0.3) is 0 Å². The molecular weight excluding hydrogens is 146 g/mol. The van der Waals surface area contributed by atoms with E-state index < -0.39 is 10.6 Å². The Morgan fingerprint density at radius 1 is 1.60 bits per heavy atom. The molecule has 0 aliphatic carbocycles. The molecule has 0 amide bonds. The fraction of sp³-hybridized carbons (Fsp3) is 1.00. The molecule has 0 aromatic rings. The molecule has 0 heterocycles. The van der Waals surface area contributed by atoms with E-state index in [1.807, 2.05) is 6.92 Å². The van der Waals surface area contributed by atoms with E-state index in [0.29, 0.717) is 0 Å². The highest BCUT2D eigenvalue weighted by Crippen LogP contribution is 2.02. The third kappa shape index (κ3) is 6.08. The first kappa shape index (κ1) is 9.95. The Kier molecular flexibility index (Phi) is 5.69. The van der Waals surface area contributed by atoms with Gasteiger partial charge in [0.1, 0.15) is 0 Å². The molecule has 0 radical (unpaired) electrons. The van der Waals surface area contributed by atoms with Gasteiger partial charge in [-0.2, -0.15) is 10.6 Å². The van der Waals surface area contributed by atoms with Crippen LogP contribution in [-0.4, -0.2) is 12.3 Å². The smallest absolute Gasteiger partial charge is 0.0209 e. The summed E-state index contributed by atoms with van der Waals surface area (Å²) in [4.78, 5) is 0. The van der Waals surface area contributed by atoms with E-state index in [1.54, 1.807) is 6.26 Å². The standard InChI is InChI=1S/C7H16NOS/c1-4-5-6-7(2)8-10(3)9/h7H,4-6H2,1-3H3/q-1. The Morgan fingerprint density at radius 3 is 2.60 bits per heavy atom. The van der Waals surface area contributed by atoms with E-state index in [9.17, 15) is 4.21 Å². The predicted molar refractivity (Wildman–Crippen MR) is 45.4 cm³/mol. The first-order valence-electron chi connectivity index (χ1n) is 3.71. The van der Waals surface area contributed by atoms with E-state index in [-0.39, 0.29) is 6.04 Å². The molecule has 0 aromatic carbocycles. The minimum absolute atomic E-state index is 0.269. The number of nitrogens with zero attached hydrogens (tertiary/aromatic N) is 1. The van der Waals surface area contributed by atoms with Gasteiger partial charge in [-0.15, -0.1) is 6.26 Å². The number of hydrogen-bond donors (Lipinski definition) is 0. The van der Waals surface area contributed by atoms with Gasteiger partial charge in [-0.3, -0.25) is 0 Å². The van der Waals surface area contributed by atoms with Crippen LogP contribution in [0.2, 0.25) is 0 Å². The predicted octanol–water partition coefficient (Wildman–Crippen LogP) is 2.34. The molecule has 0 bridgehead atoms. The van der Waals surface area contributed by atoms with Gasteiger partial charge in [0, 0.05) is 6.04 Å². The molecule has 0 rings (SSSR count). The third-order valence-corrected chi connectivity index (χ3v) is 1.96. The van der Waals surface area contributed by atoms with Crippen LogP contribution in [-0.2, 0) is 14.8 Å². The molecular formula is C7H16NOS-. The van der Waals surface area contributed by atoms with Crippen LogP contribution in [0.15, 0.2) is 4.36 Å². The van der Waals surface area contributed by atoms with Crippen LogP contribution in [0.1, 0.15) is 33.1 Å². The minimum atomic E-state index is -0.974. The average molecular weight is 162 g/mol. The summed E-state index contributed by atoms with van der Waals surface area (Å²) in [6.45, 7) is 4.16. The van der Waals surface area contributed by atoms with Crippen LogP contribution in [0.5, 0.6) is 0 Å². The van der Waals surface area contributed by atoms with Crippen molar-refractivity contribution in [2.45, 2.75) is 39.2 Å². The second kappa shape index (κ2) is 5.71. The Morgan fingerprint density at radius 2 is 2.20 bits per heavy atom. The molecule has 10 heavy (non-hydrogen) atoms. The fourth-order valence-corrected chi connectivity index (χ4v) is 1.42. The highest BCUT2D eigenvalue weighted by atomic mass is 32.2. The van der Waals surface area contributed by atoms with E-state index in [1.165, 1.54) is 12.8 Å². The fourth-order valence-electron chi connectivity index (χ4n) is 0.806. The lowest BCUT2D eigenvalue weighted by molar-refractivity contribution is 0.589. The summed E-state index contributed by atoms with van der Waals surface area (Å²) in [5, 5.41) is 0. The van der Waals surface area contributed by atoms with Crippen molar-refractivity contribution < 1.29 is 4.21 Å². The Bertz CT molecular complexity index is 150. The topological polar surface area (TPSA) is 29.4 Å². The minimum Gasteiger partial charge on any atom is -0.445 e. The van der Waals surface area contributed by atoms with Crippen molar-refractivity contribution in [2.24, 2.45) is 4.36 Å². The van der Waals surface area contributed by atoms with Crippen LogP contribution in [0.3, 0.4) is 0 Å². The molecule has 2 nitrogen and oxygen atoms in total. The summed E-state index contributed by atoms with van der Waals surface area (Å²) in [7, 11) is -0.974. The number of rotatable bonds is 4. The highest BCUT2D eigenvalue weighted by molar-refractivity contribution is 7.74. The summed E-state index contributed by atoms with van der Waals surface area (Å²) >= 11 is 0. The average Bonchev–Trinajstić information content (AvgIpc) is 1.82. The first-order chi connectivity index (χ1) is 4.66. The van der Waals surface area contributed by atoms with E-state index >= 15 is 0 Å². The van der Waals surface area contributed by atoms with Crippen LogP contribution < -0.4 is 0 Å². The largest absolute Gasteiger partial charge is 0.445 e. The summed E-state index contributed by atoms with van der Waals surface area (Å²) in [5.41, 5.74) is 0. The zero-order valence-electron chi connectivity index (χ0n) is 6.96. The molecule has 0 aliphatic heterocycles. The molecule has 0 saturated carbocycles. The third-order valence-electron chi connectivity index (χ3n) is 1.30. The van der Waals surface area contributed by atoms with E-state index in [0.717, 1.165) is 6.42 Å². The van der Waals surface area contributed by atoms with Crippen molar-refractivity contribution in [3.05, 3.63) is 0 Å². The first-order valence-corrected chi connectivity index (χ1v) is 5.22. The molecule has 3 heteroatoms. The molecule has 0 spiro atoms. The van der Waals surface area contributed by atoms with Gasteiger partial charge in [-0.1, -0.05) is 19.8 Å². The number of hydrogen-bond acceptors (Lipinski definition) is 3. The second-order valence-corrected chi connectivity index (χ2v) is 3.58. The maximum atomic E-state index is 10.6. The molecule has 1 unspecified atom stereocenters. The second-order valence-electron chi connectivity index (χ2n) is 2.52. The van der Waals surface area contributed by atoms with Gasteiger partial charge in [0.05, 0.1) is 0 Å². The lowest BCUT2D eigenvalue weighted by atomic mass is 10.2. The van der Waals surface area contributed by atoms with Crippen molar-refractivity contribution in [2.75, 3.05) is 6.26 Å². The maximum absolute atomic E-state index is 10.6. The normalized spacial score (nSPS) is 17.1. The zero-order valence-corrected chi connectivity index (χ0v) is 7.78. The molecule has 0 aliphatic rings. The van der Waals surface area contributed by atoms with Crippen molar-refractivity contribution in [3.63, 3.8) is 0 Å². The molecule has 1 atom stereocenters. The van der Waals surface area contributed by atoms with Gasteiger partial charge >= 0.3 is 0 Å². The molecule has 62 valence electrons. The summed E-state index contributed by atoms with van der Waals surface area (Å²) in [5.74, 6) is 0. The van der Waals surface area contributed by atoms with Gasteiger partial charge in [-0.25, -0.2) is 0 Å². The lowest BCUT2D eigenvalue weighted by Crippen LogP contribution is -1.96. The lowest BCUT2D eigenvalue weighted by Gasteiger charge is -2.07. The van der Waals surface area contributed by atoms with Crippen LogP contribution >= 0.6 is 0 Å². The molecule has 0 fully saturated rings. The Hall–Kier alpha value is -0.0500. The SMILES string of the molecule is CCCCC(C)N=[S-](C)=O. The van der Waals surface area contributed by atoms with E-state index in [2.05, 4.69) is 11.3 Å². The Balaban J connectivity index is 3.53. The monoisotopic (exact) mass is 162 g/mol. The number of unbranched alkanes of at least 4 members (excludes halogenated alkanes) is 1. The van der Waals surface area contributed by atoms with Crippen LogP contribution in [0.25, 0.3) is 0 Å². The molecule has 0 N–H and O–H groups in total. The summed E-state index contributed by atoms with van der Waals surface area (Å²) in [6.07, 6.45) is 5.05. The Labute approximate surface area is 65.2 Å². The zero-order chi connectivity index (χ0) is 7.98. The van der Waals surface area contributed by atoms with Crippen LogP contribution in [0, 0.1) is 0 Å². The van der Waals surface area contributed by atoms with Gasteiger partial charge in [0.2, 0.25) is 0 Å². The quantitative estimate of drug-likeness (QED) is 0.583. The van der Waals surface area contributed by atoms with Gasteiger partial charge in [0.15, 0.2) is 0 Å². The molecule has 0 saturated heterocycles. The van der Waals surface area contributed by atoms with Crippen molar-refractivity contribution in [3.8, 4) is 0 Å².